The van der Waals surface area contributed by atoms with Crippen LogP contribution in [0, 0.1) is 6.92 Å². The summed E-state index contributed by atoms with van der Waals surface area (Å²) < 4.78 is 2.36. The zero-order valence-electron chi connectivity index (χ0n) is 10.9. The van der Waals surface area contributed by atoms with Crippen molar-refractivity contribution < 1.29 is 4.79 Å². The number of hydrogen-bond donors (Lipinski definition) is 2. The van der Waals surface area contributed by atoms with Gasteiger partial charge in [-0.05, 0) is 36.2 Å². The summed E-state index contributed by atoms with van der Waals surface area (Å²) in [5.74, 6) is 4.73. The van der Waals surface area contributed by atoms with Crippen LogP contribution in [-0.4, -0.2) is 10.5 Å². The summed E-state index contributed by atoms with van der Waals surface area (Å²) in [4.78, 5) is 23.3. The van der Waals surface area contributed by atoms with Gasteiger partial charge in [-0.15, -0.1) is 0 Å². The first kappa shape index (κ1) is 14.5. The van der Waals surface area contributed by atoms with E-state index >= 15 is 0 Å². The van der Waals surface area contributed by atoms with Gasteiger partial charge in [-0.2, -0.15) is 0 Å². The number of nitrogens with two attached hydrogens (primary N) is 1. The fourth-order valence-electron chi connectivity index (χ4n) is 1.82. The molecule has 1 heterocycles. The fourth-order valence-corrected chi connectivity index (χ4v) is 2.33. The molecular formula is C14H14BrN3O2. The summed E-state index contributed by atoms with van der Waals surface area (Å²) in [6.07, 6.45) is 1.75. The van der Waals surface area contributed by atoms with E-state index in [9.17, 15) is 9.59 Å². The van der Waals surface area contributed by atoms with E-state index in [0.717, 1.165) is 15.6 Å². The van der Waals surface area contributed by atoms with Gasteiger partial charge >= 0.3 is 0 Å². The molecule has 20 heavy (non-hydrogen) atoms. The predicted octanol–water partition coefficient (Wildman–Crippen LogP) is 1.57. The number of hydrogen-bond acceptors (Lipinski definition) is 3. The van der Waals surface area contributed by atoms with Gasteiger partial charge in [-0.25, -0.2) is 5.84 Å². The minimum Gasteiger partial charge on any atom is -0.311 e. The predicted molar refractivity (Wildman–Crippen MR) is 80.3 cm³/mol. The van der Waals surface area contributed by atoms with E-state index in [1.165, 1.54) is 0 Å². The van der Waals surface area contributed by atoms with Gasteiger partial charge in [0.05, 0.1) is 6.54 Å². The Hall–Kier alpha value is -1.92. The highest BCUT2D eigenvalue weighted by Crippen LogP contribution is 2.19. The second-order valence-corrected chi connectivity index (χ2v) is 5.30. The summed E-state index contributed by atoms with van der Waals surface area (Å²) in [5.41, 5.74) is 4.32. The number of nitrogen functional groups attached to an aromatic ring is 1. The molecule has 104 valence electrons. The van der Waals surface area contributed by atoms with Gasteiger partial charge in [0.2, 0.25) is 0 Å². The molecule has 0 spiro atoms. The summed E-state index contributed by atoms with van der Waals surface area (Å²) in [6, 6.07) is 8.61. The Morgan fingerprint density at radius 2 is 2.10 bits per heavy atom. The first-order valence-electron chi connectivity index (χ1n) is 5.97. The van der Waals surface area contributed by atoms with Crippen molar-refractivity contribution in [3.05, 3.63) is 68.0 Å². The zero-order chi connectivity index (χ0) is 14.7. The molecule has 6 heteroatoms. The van der Waals surface area contributed by atoms with Crippen LogP contribution >= 0.6 is 15.9 Å². The van der Waals surface area contributed by atoms with Crippen molar-refractivity contribution in [1.29, 1.82) is 0 Å². The number of carbonyl (C=O) groups excluding carboxylic acids is 1. The lowest BCUT2D eigenvalue weighted by Gasteiger charge is -2.09. The minimum absolute atomic E-state index is 0.0549. The largest absolute Gasteiger partial charge is 0.311 e. The van der Waals surface area contributed by atoms with E-state index in [-0.39, 0.29) is 11.5 Å². The van der Waals surface area contributed by atoms with E-state index in [1.807, 2.05) is 13.0 Å². The molecule has 0 bridgehead atoms. The first-order chi connectivity index (χ1) is 9.51. The number of rotatable bonds is 3. The minimum atomic E-state index is -0.357. The van der Waals surface area contributed by atoms with Crippen molar-refractivity contribution in [2.24, 2.45) is 5.84 Å². The lowest BCUT2D eigenvalue weighted by atomic mass is 10.1. The number of aromatic nitrogens is 1. The molecule has 0 saturated carbocycles. The molecule has 0 saturated heterocycles. The van der Waals surface area contributed by atoms with Gasteiger partial charge < -0.3 is 4.57 Å². The van der Waals surface area contributed by atoms with Gasteiger partial charge in [0.1, 0.15) is 0 Å². The maximum absolute atomic E-state index is 11.8. The Morgan fingerprint density at radius 1 is 1.35 bits per heavy atom. The Kier molecular flexibility index (Phi) is 4.36. The number of pyridine rings is 1. The van der Waals surface area contributed by atoms with Crippen molar-refractivity contribution in [3.63, 3.8) is 0 Å². The molecule has 0 aliphatic carbocycles. The lowest BCUT2D eigenvalue weighted by molar-refractivity contribution is 0.0953. The summed E-state index contributed by atoms with van der Waals surface area (Å²) >= 11 is 3.40. The number of benzene rings is 1. The van der Waals surface area contributed by atoms with Gasteiger partial charge in [-0.3, -0.25) is 15.0 Å². The molecule has 2 rings (SSSR count). The van der Waals surface area contributed by atoms with Crippen molar-refractivity contribution in [2.75, 3.05) is 0 Å². The number of nitrogens with zero attached hydrogens (tertiary/aromatic N) is 1. The molecule has 0 unspecified atom stereocenters. The maximum Gasteiger partial charge on any atom is 0.265 e. The highest BCUT2D eigenvalue weighted by molar-refractivity contribution is 9.10. The third kappa shape index (κ3) is 3.15. The Bertz CT molecular complexity index is 710. The van der Waals surface area contributed by atoms with Crippen molar-refractivity contribution >= 4 is 21.8 Å². The Morgan fingerprint density at radius 3 is 2.70 bits per heavy atom. The number of carbonyl (C=O) groups is 1. The molecule has 1 aromatic carbocycles. The van der Waals surface area contributed by atoms with Crippen LogP contribution in [0.15, 0.2) is 45.8 Å². The number of amides is 1. The molecule has 0 radical (unpaired) electrons. The number of hydrazine groups is 1. The second-order valence-electron chi connectivity index (χ2n) is 4.45. The summed E-state index contributed by atoms with van der Waals surface area (Å²) in [5, 5.41) is 0. The van der Waals surface area contributed by atoms with E-state index in [2.05, 4.69) is 21.4 Å². The van der Waals surface area contributed by atoms with Crippen LogP contribution in [0.25, 0.3) is 0 Å². The normalized spacial score (nSPS) is 10.3. The quantitative estimate of drug-likeness (QED) is 0.507. The Labute approximate surface area is 124 Å². The third-order valence-electron chi connectivity index (χ3n) is 2.94. The van der Waals surface area contributed by atoms with Crippen LogP contribution in [0.1, 0.15) is 21.5 Å². The zero-order valence-corrected chi connectivity index (χ0v) is 12.5. The number of aryl methyl sites for hydroxylation is 1. The second kappa shape index (κ2) is 6.02. The van der Waals surface area contributed by atoms with Crippen LogP contribution in [0.5, 0.6) is 0 Å². The molecule has 0 aliphatic heterocycles. The van der Waals surface area contributed by atoms with E-state index in [0.29, 0.717) is 12.1 Å². The topological polar surface area (TPSA) is 77.1 Å². The van der Waals surface area contributed by atoms with E-state index in [4.69, 9.17) is 5.84 Å². The third-order valence-corrected chi connectivity index (χ3v) is 3.68. The van der Waals surface area contributed by atoms with Gasteiger partial charge in [-0.1, -0.05) is 22.0 Å². The highest BCUT2D eigenvalue weighted by Gasteiger charge is 2.08. The number of halogens is 1. The molecule has 0 aliphatic rings. The molecule has 0 atom stereocenters. The van der Waals surface area contributed by atoms with Gasteiger partial charge in [0.15, 0.2) is 0 Å². The fraction of sp³-hybridized carbons (Fsp3) is 0.143. The van der Waals surface area contributed by atoms with E-state index < -0.39 is 0 Å². The average Bonchev–Trinajstić information content (AvgIpc) is 2.42. The molecule has 2 aromatic rings. The van der Waals surface area contributed by atoms with Gasteiger partial charge in [0.25, 0.3) is 11.5 Å². The van der Waals surface area contributed by atoms with Crippen molar-refractivity contribution in [2.45, 2.75) is 13.5 Å². The van der Waals surface area contributed by atoms with Crippen LogP contribution in [-0.2, 0) is 6.54 Å². The summed E-state index contributed by atoms with van der Waals surface area (Å²) in [6.45, 7) is 2.31. The molecule has 1 amide bonds. The van der Waals surface area contributed by atoms with E-state index in [1.54, 1.807) is 35.0 Å². The number of nitrogens with one attached hydrogen (secondary N) is 1. The highest BCUT2D eigenvalue weighted by atomic mass is 79.9. The molecule has 1 aromatic heterocycles. The lowest BCUT2D eigenvalue weighted by Crippen LogP contribution is -2.30. The first-order valence-corrected chi connectivity index (χ1v) is 6.77. The van der Waals surface area contributed by atoms with Crippen LogP contribution < -0.4 is 16.8 Å². The smallest absolute Gasteiger partial charge is 0.265 e. The van der Waals surface area contributed by atoms with Crippen LogP contribution in [0.3, 0.4) is 0 Å². The maximum atomic E-state index is 11.8. The van der Waals surface area contributed by atoms with Gasteiger partial charge in [0, 0.05) is 22.3 Å². The monoisotopic (exact) mass is 335 g/mol. The van der Waals surface area contributed by atoms with Crippen molar-refractivity contribution in [3.8, 4) is 0 Å². The van der Waals surface area contributed by atoms with Crippen LogP contribution in [0.4, 0.5) is 0 Å². The van der Waals surface area contributed by atoms with Crippen LogP contribution in [0.2, 0.25) is 0 Å². The average molecular weight is 336 g/mol. The molecule has 3 N–H and O–H groups in total. The van der Waals surface area contributed by atoms with Crippen molar-refractivity contribution in [1.82, 2.24) is 9.99 Å². The summed E-state index contributed by atoms with van der Waals surface area (Å²) in [7, 11) is 0. The molecule has 0 fully saturated rings. The Balaban J connectivity index is 2.30. The standard InChI is InChI=1S/C14H14BrN3O2/c1-9-4-5-18(13(19)6-9)8-11-3-2-10(7-12(11)15)14(20)17-16/h2-7H,8,16H2,1H3,(H,17,20). The SMILES string of the molecule is Cc1ccn(Cc2ccc(C(=O)NN)cc2Br)c(=O)c1. The molecule has 5 nitrogen and oxygen atoms in total. The molecular weight excluding hydrogens is 322 g/mol.